The summed E-state index contributed by atoms with van der Waals surface area (Å²) in [6.07, 6.45) is 0. The Morgan fingerprint density at radius 1 is 0.338 bits per heavy atom. The Morgan fingerprint density at radius 3 is 0.875 bits per heavy atom. The highest BCUT2D eigenvalue weighted by Gasteiger charge is 2.35. The lowest BCUT2D eigenvalue weighted by Crippen LogP contribution is -2.20. The van der Waals surface area contributed by atoms with Gasteiger partial charge in [0.1, 0.15) is 23.0 Å². The SMILES string of the molecule is CCOC(=O)C(C(=O)OCC)=C1c2cc(-c3ccc(-c4ccc(N(c5ccc(OC)cc5)c5ccc(OC)cc5)cc4)s3)ccc2-c2ccc(-c3ccc(-c4ccc(N(c5ccc(OC)cc5)c5ccc(OC)cc5)cc4)s3)cc21. The van der Waals surface area contributed by atoms with Crippen LogP contribution in [0.2, 0.25) is 0 Å². The van der Waals surface area contributed by atoms with Crippen LogP contribution >= 0.6 is 22.7 Å². The molecular weight excluding hydrogens is 1040 g/mol. The number of rotatable bonds is 18. The van der Waals surface area contributed by atoms with Gasteiger partial charge in [-0.15, -0.1) is 22.7 Å². The number of carbonyl (C=O) groups excluding carboxylic acids is 2. The maximum atomic E-state index is 14.1. The molecular formula is C68H56N2O8S2. The van der Waals surface area contributed by atoms with Crippen LogP contribution in [0.1, 0.15) is 25.0 Å². The van der Waals surface area contributed by atoms with Gasteiger partial charge in [0, 0.05) is 59.2 Å². The summed E-state index contributed by atoms with van der Waals surface area (Å²) in [4.78, 5) is 36.7. The molecule has 2 heterocycles. The number of hydrogen-bond donors (Lipinski definition) is 0. The zero-order chi connectivity index (χ0) is 55.3. The van der Waals surface area contributed by atoms with Crippen molar-refractivity contribution in [3.8, 4) is 75.9 Å². The second kappa shape index (κ2) is 23.3. The van der Waals surface area contributed by atoms with Crippen LogP contribution in [0.5, 0.6) is 23.0 Å². The fourth-order valence-corrected chi connectivity index (χ4v) is 12.1. The van der Waals surface area contributed by atoms with Crippen LogP contribution in [0.3, 0.4) is 0 Å². The maximum Gasteiger partial charge on any atom is 0.346 e. The van der Waals surface area contributed by atoms with Crippen LogP contribution in [0, 0.1) is 0 Å². The van der Waals surface area contributed by atoms with Gasteiger partial charge in [-0.3, -0.25) is 0 Å². The minimum Gasteiger partial charge on any atom is -0.497 e. The Kier molecular flexibility index (Phi) is 15.4. The largest absolute Gasteiger partial charge is 0.497 e. The van der Waals surface area contributed by atoms with Crippen LogP contribution in [-0.4, -0.2) is 53.6 Å². The summed E-state index contributed by atoms with van der Waals surface area (Å²) in [6.45, 7) is 3.65. The highest BCUT2D eigenvalue weighted by atomic mass is 32.1. The number of benzene rings is 8. The molecule has 10 nitrogen and oxygen atoms in total. The third-order valence-electron chi connectivity index (χ3n) is 14.0. The van der Waals surface area contributed by atoms with Gasteiger partial charge in [-0.2, -0.15) is 0 Å². The van der Waals surface area contributed by atoms with Crippen LogP contribution in [-0.2, 0) is 19.1 Å². The molecule has 0 N–H and O–H groups in total. The van der Waals surface area contributed by atoms with E-state index in [9.17, 15) is 9.59 Å². The Morgan fingerprint density at radius 2 is 0.600 bits per heavy atom. The number of thiophene rings is 2. The number of fused-ring (bicyclic) bond motifs is 3. The van der Waals surface area contributed by atoms with Crippen molar-refractivity contribution in [2.75, 3.05) is 51.5 Å². The van der Waals surface area contributed by atoms with Crippen molar-refractivity contribution in [2.24, 2.45) is 0 Å². The maximum absolute atomic E-state index is 14.1. The van der Waals surface area contributed by atoms with Gasteiger partial charge in [0.2, 0.25) is 0 Å². The van der Waals surface area contributed by atoms with Crippen LogP contribution in [0.4, 0.5) is 34.1 Å². The van der Waals surface area contributed by atoms with E-state index in [2.05, 4.69) is 119 Å². The molecule has 0 saturated heterocycles. The average Bonchev–Trinajstić information content (AvgIpc) is 4.43. The molecule has 0 amide bonds. The first kappa shape index (κ1) is 52.7. The van der Waals surface area contributed by atoms with Gasteiger partial charge in [-0.25, -0.2) is 9.59 Å². The first-order chi connectivity index (χ1) is 39.2. The normalized spacial score (nSPS) is 11.3. The van der Waals surface area contributed by atoms with Gasteiger partial charge in [0.05, 0.1) is 41.7 Å². The number of esters is 2. The molecule has 2 aromatic heterocycles. The first-order valence-electron chi connectivity index (χ1n) is 26.1. The summed E-state index contributed by atoms with van der Waals surface area (Å²) in [6, 6.07) is 70.2. The molecule has 0 bridgehead atoms. The predicted octanol–water partition coefficient (Wildman–Crippen LogP) is 17.4. The van der Waals surface area contributed by atoms with E-state index in [1.807, 2.05) is 97.1 Å². The zero-order valence-electron chi connectivity index (χ0n) is 45.0. The first-order valence-corrected chi connectivity index (χ1v) is 27.8. The van der Waals surface area contributed by atoms with E-state index in [-0.39, 0.29) is 18.8 Å². The fourth-order valence-electron chi connectivity index (χ4n) is 10.1. The second-order valence-electron chi connectivity index (χ2n) is 18.6. The molecule has 12 heteroatoms. The summed E-state index contributed by atoms with van der Waals surface area (Å²) in [5, 5.41) is 0. The number of nitrogens with zero attached hydrogens (tertiary/aromatic N) is 2. The third kappa shape index (κ3) is 10.5. The topological polar surface area (TPSA) is 96.0 Å². The highest BCUT2D eigenvalue weighted by Crippen LogP contribution is 2.50. The molecule has 0 spiro atoms. The van der Waals surface area contributed by atoms with Crippen molar-refractivity contribution < 1.29 is 38.0 Å². The van der Waals surface area contributed by atoms with E-state index in [1.165, 1.54) is 0 Å². The molecule has 398 valence electrons. The monoisotopic (exact) mass is 1090 g/mol. The van der Waals surface area contributed by atoms with Crippen molar-refractivity contribution in [3.63, 3.8) is 0 Å². The van der Waals surface area contributed by atoms with Crippen molar-refractivity contribution >= 4 is 74.3 Å². The molecule has 8 aromatic carbocycles. The lowest BCUT2D eigenvalue weighted by Gasteiger charge is -2.26. The number of hydrogen-bond acceptors (Lipinski definition) is 12. The van der Waals surface area contributed by atoms with E-state index in [4.69, 9.17) is 28.4 Å². The molecule has 0 fully saturated rings. The molecule has 10 aromatic rings. The van der Waals surface area contributed by atoms with Crippen molar-refractivity contribution in [1.82, 2.24) is 0 Å². The molecule has 1 aliphatic rings. The molecule has 0 saturated carbocycles. The Hall–Kier alpha value is -9.36. The Bertz CT molecular complexity index is 3520. The zero-order valence-corrected chi connectivity index (χ0v) is 46.7. The molecule has 0 unspecified atom stereocenters. The molecule has 0 atom stereocenters. The number of ether oxygens (including phenoxy) is 6. The van der Waals surface area contributed by atoms with Crippen molar-refractivity contribution in [3.05, 3.63) is 223 Å². The van der Waals surface area contributed by atoms with E-state index >= 15 is 0 Å². The third-order valence-corrected chi connectivity index (χ3v) is 16.4. The molecule has 80 heavy (non-hydrogen) atoms. The van der Waals surface area contributed by atoms with Gasteiger partial charge in [-0.05, 0) is 216 Å². The smallest absolute Gasteiger partial charge is 0.346 e. The van der Waals surface area contributed by atoms with Crippen LogP contribution in [0.25, 0.3) is 58.5 Å². The van der Waals surface area contributed by atoms with Gasteiger partial charge in [0.15, 0.2) is 5.57 Å². The molecule has 1 aliphatic carbocycles. The summed E-state index contributed by atoms with van der Waals surface area (Å²) in [5.41, 5.74) is 13.7. The van der Waals surface area contributed by atoms with Crippen LogP contribution in [0.15, 0.2) is 212 Å². The number of methoxy groups -OCH3 is 4. The fraction of sp³-hybridized carbons (Fsp3) is 0.118. The summed E-state index contributed by atoms with van der Waals surface area (Å²) >= 11 is 3.35. The Labute approximate surface area is 473 Å². The summed E-state index contributed by atoms with van der Waals surface area (Å²) < 4.78 is 33.1. The minimum absolute atomic E-state index is 0.0920. The second-order valence-corrected chi connectivity index (χ2v) is 20.8. The summed E-state index contributed by atoms with van der Waals surface area (Å²) in [5.74, 6) is 1.67. The van der Waals surface area contributed by atoms with Crippen molar-refractivity contribution in [1.29, 1.82) is 0 Å². The molecule has 11 rings (SSSR count). The van der Waals surface area contributed by atoms with E-state index in [0.29, 0.717) is 5.57 Å². The lowest BCUT2D eigenvalue weighted by molar-refractivity contribution is -0.146. The molecule has 0 aliphatic heterocycles. The average molecular weight is 1090 g/mol. The van der Waals surface area contributed by atoms with Crippen LogP contribution < -0.4 is 28.7 Å². The van der Waals surface area contributed by atoms with Crippen molar-refractivity contribution in [2.45, 2.75) is 13.8 Å². The van der Waals surface area contributed by atoms with Gasteiger partial charge < -0.3 is 38.2 Å². The minimum atomic E-state index is -0.727. The number of anilines is 6. The standard InChI is InChI=1S/C68H56N2O8S2/c1-7-77-67(71)66(68(72)78-8-2)65-59-41-45(63-39-37-61(79-63)43-9-15-47(16-10-43)69(49-19-27-53(73-3)28-20-49)50-21-29-54(74-4)30-22-50)13-35-57(59)58-36-14-46(42-60(58)65)64-40-38-62(80-64)44-11-17-48(18-12-44)70(51-23-31-55(75-5)32-24-51)52-25-33-56(76-6)34-26-52/h9-42H,7-8H2,1-6H3. The Balaban J connectivity index is 0.906. The van der Waals surface area contributed by atoms with Gasteiger partial charge in [-0.1, -0.05) is 48.5 Å². The quantitative estimate of drug-likeness (QED) is 0.0358. The summed E-state index contributed by atoms with van der Waals surface area (Å²) in [7, 11) is 6.66. The molecule has 0 radical (unpaired) electrons. The highest BCUT2D eigenvalue weighted by molar-refractivity contribution is 7.19. The van der Waals surface area contributed by atoms with E-state index in [1.54, 1.807) is 65.0 Å². The van der Waals surface area contributed by atoms with E-state index in [0.717, 1.165) is 121 Å². The van der Waals surface area contributed by atoms with Gasteiger partial charge >= 0.3 is 11.9 Å². The van der Waals surface area contributed by atoms with Gasteiger partial charge in [0.25, 0.3) is 0 Å². The van der Waals surface area contributed by atoms with E-state index < -0.39 is 11.9 Å². The predicted molar refractivity (Wildman–Crippen MR) is 324 cm³/mol. The number of carbonyl (C=O) groups is 2. The lowest BCUT2D eigenvalue weighted by atomic mass is 9.95.